The lowest BCUT2D eigenvalue weighted by Gasteiger charge is -2.49. The average Bonchev–Trinajstić information content (AvgIpc) is 3.38. The Labute approximate surface area is 259 Å². The zero-order chi connectivity index (χ0) is 31.5. The fourth-order valence-electron chi connectivity index (χ4n) is 4.41. The number of thiazole rings is 1. The van der Waals surface area contributed by atoms with Crippen molar-refractivity contribution in [1.29, 1.82) is 0 Å². The summed E-state index contributed by atoms with van der Waals surface area (Å²) in [5.41, 5.74) is 7.18. The Morgan fingerprint density at radius 1 is 1.33 bits per heavy atom. The maximum Gasteiger partial charge on any atom is 0.352 e. The molecular weight excluding hydrogens is 641 g/mol. The van der Waals surface area contributed by atoms with Gasteiger partial charge < -0.3 is 21.0 Å². The van der Waals surface area contributed by atoms with Crippen LogP contribution in [0.2, 0.25) is 0 Å². The van der Waals surface area contributed by atoms with Crippen LogP contribution in [-0.2, 0) is 40.5 Å². The lowest BCUT2D eigenvalue weighted by molar-refractivity contribution is -0.150. The monoisotopic (exact) mass is 668 g/mol. The molecule has 230 valence electrons. The Kier molecular flexibility index (Phi) is 10.2. The van der Waals surface area contributed by atoms with E-state index in [1.54, 1.807) is 13.0 Å². The number of fused-ring (bicyclic) bond motifs is 1. The molecule has 0 radical (unpaired) electrons. The van der Waals surface area contributed by atoms with Gasteiger partial charge in [0.2, 0.25) is 10.0 Å². The number of hydrogen-bond acceptors (Lipinski definition) is 13. The first kappa shape index (κ1) is 32.5. The van der Waals surface area contributed by atoms with Crippen LogP contribution in [0.5, 0.6) is 0 Å². The molecule has 4 rings (SSSR count). The van der Waals surface area contributed by atoms with Crippen LogP contribution in [0, 0.1) is 6.92 Å². The number of amides is 2. The highest BCUT2D eigenvalue weighted by molar-refractivity contribution is 8.13. The number of carboxylic acids is 1. The Morgan fingerprint density at radius 2 is 2.07 bits per heavy atom. The largest absolute Gasteiger partial charge is 0.477 e. The van der Waals surface area contributed by atoms with Crippen LogP contribution >= 0.6 is 34.9 Å². The molecule has 1 aromatic heterocycles. The SMILES string of the molecule is CO/N=C(/C(=O)N[C@@H]1C(=O)N2C(C(=O)O)=C(Cc3cc(S(=O)(=O)NCCSC(C)=O)ccc3C)CS[C@H]12)c1csc(N)n1. The number of nitrogen functional groups attached to an aromatic ring is 1. The summed E-state index contributed by atoms with van der Waals surface area (Å²) in [6.07, 6.45) is 0.0907. The van der Waals surface area contributed by atoms with E-state index < -0.39 is 39.2 Å². The minimum absolute atomic E-state index is 0.00191. The Morgan fingerprint density at radius 3 is 2.70 bits per heavy atom. The van der Waals surface area contributed by atoms with Gasteiger partial charge in [-0.05, 0) is 42.2 Å². The molecule has 2 atom stereocenters. The molecule has 1 fully saturated rings. The third-order valence-electron chi connectivity index (χ3n) is 6.43. The molecule has 1 saturated heterocycles. The minimum atomic E-state index is -3.88. The smallest absolute Gasteiger partial charge is 0.352 e. The third kappa shape index (κ3) is 7.20. The molecule has 18 heteroatoms. The molecule has 2 aliphatic rings. The highest BCUT2D eigenvalue weighted by atomic mass is 32.2. The van der Waals surface area contributed by atoms with E-state index in [1.807, 2.05) is 0 Å². The molecule has 0 aliphatic carbocycles. The molecule has 43 heavy (non-hydrogen) atoms. The van der Waals surface area contributed by atoms with Crippen LogP contribution in [-0.4, -0.2) is 88.6 Å². The second-order valence-electron chi connectivity index (χ2n) is 9.31. The standard InChI is InChI=1S/C25H28N6O8S4/c1-12-4-5-16(43(37,38)27-6-7-40-13(2)32)9-14(12)8-15-10-41-23-19(22(34)31(23)20(15)24(35)36)29-21(33)18(30-39-3)17-11-42-25(26)28-17/h4-5,9,11,19,23,27H,6-8,10H2,1-3H3,(H2,26,28)(H,29,33)(H,35,36)/b30-18+/t19-,23-/m1/s1. The van der Waals surface area contributed by atoms with Gasteiger partial charge in [0.25, 0.3) is 11.8 Å². The summed E-state index contributed by atoms with van der Waals surface area (Å²) in [5.74, 6) is -2.16. The first-order valence-corrected chi connectivity index (χ1v) is 17.0. The zero-order valence-corrected chi connectivity index (χ0v) is 26.4. The maximum atomic E-state index is 13.2. The first-order valence-electron chi connectivity index (χ1n) is 12.6. The summed E-state index contributed by atoms with van der Waals surface area (Å²) in [4.78, 5) is 59.5. The van der Waals surface area contributed by atoms with Crippen molar-refractivity contribution in [2.45, 2.75) is 36.6 Å². The summed E-state index contributed by atoms with van der Waals surface area (Å²) in [6, 6.07) is 3.53. The number of nitrogens with one attached hydrogen (secondary N) is 2. The molecule has 3 heterocycles. The molecule has 2 aromatic rings. The Bertz CT molecular complexity index is 1640. The number of nitrogens with zero attached hydrogens (tertiary/aromatic N) is 3. The number of rotatable bonds is 12. The lowest BCUT2D eigenvalue weighted by Crippen LogP contribution is -2.71. The van der Waals surface area contributed by atoms with Crippen LogP contribution in [0.4, 0.5) is 5.13 Å². The summed E-state index contributed by atoms with van der Waals surface area (Å²) >= 11 is 3.38. The van der Waals surface area contributed by atoms with Crippen molar-refractivity contribution in [2.24, 2.45) is 5.16 Å². The van der Waals surface area contributed by atoms with Gasteiger partial charge in [-0.15, -0.1) is 23.1 Å². The van der Waals surface area contributed by atoms with Crippen molar-refractivity contribution >= 4 is 78.6 Å². The number of thioether (sulfide) groups is 2. The first-order chi connectivity index (χ1) is 20.3. The van der Waals surface area contributed by atoms with Crippen LogP contribution in [0.1, 0.15) is 23.7 Å². The van der Waals surface area contributed by atoms with Crippen molar-refractivity contribution in [1.82, 2.24) is 19.9 Å². The van der Waals surface area contributed by atoms with Crippen LogP contribution in [0.25, 0.3) is 0 Å². The van der Waals surface area contributed by atoms with Crippen LogP contribution in [0.3, 0.4) is 0 Å². The van der Waals surface area contributed by atoms with Gasteiger partial charge in [0.05, 0.1) is 4.90 Å². The molecule has 0 saturated carbocycles. The number of aliphatic carboxylic acids is 1. The van der Waals surface area contributed by atoms with Gasteiger partial charge in [0, 0.05) is 30.4 Å². The molecule has 1 aromatic carbocycles. The Hall–Kier alpha value is -3.45. The van der Waals surface area contributed by atoms with E-state index in [-0.39, 0.29) is 56.7 Å². The number of hydrogen-bond donors (Lipinski definition) is 4. The number of benzene rings is 1. The number of nitrogens with two attached hydrogens (primary N) is 1. The molecule has 2 aliphatic heterocycles. The van der Waals surface area contributed by atoms with Crippen molar-refractivity contribution in [3.63, 3.8) is 0 Å². The van der Waals surface area contributed by atoms with Gasteiger partial charge in [-0.1, -0.05) is 23.0 Å². The van der Waals surface area contributed by atoms with E-state index in [9.17, 15) is 32.7 Å². The highest BCUT2D eigenvalue weighted by Gasteiger charge is 2.54. The summed E-state index contributed by atoms with van der Waals surface area (Å²) < 4.78 is 28.1. The molecular formula is C25H28N6O8S4. The fourth-order valence-corrected chi connectivity index (χ4v) is 8.01. The van der Waals surface area contributed by atoms with Gasteiger partial charge in [-0.3, -0.25) is 19.3 Å². The van der Waals surface area contributed by atoms with Crippen molar-refractivity contribution in [2.75, 3.05) is 30.9 Å². The summed E-state index contributed by atoms with van der Waals surface area (Å²) in [6.45, 7) is 3.24. The second kappa shape index (κ2) is 13.5. The van der Waals surface area contributed by atoms with Gasteiger partial charge in [0.1, 0.15) is 29.9 Å². The van der Waals surface area contributed by atoms with E-state index in [1.165, 1.54) is 43.3 Å². The van der Waals surface area contributed by atoms with Crippen LogP contribution < -0.4 is 15.8 Å². The predicted molar refractivity (Wildman–Crippen MR) is 163 cm³/mol. The number of oxime groups is 1. The molecule has 5 N–H and O–H groups in total. The average molecular weight is 669 g/mol. The van der Waals surface area contributed by atoms with Gasteiger partial charge >= 0.3 is 5.97 Å². The third-order valence-corrected chi connectivity index (χ3v) is 10.7. The summed E-state index contributed by atoms with van der Waals surface area (Å²) in [7, 11) is -2.63. The Balaban J connectivity index is 1.52. The normalized spacial score (nSPS) is 18.6. The van der Waals surface area contributed by atoms with E-state index in [4.69, 9.17) is 10.6 Å². The van der Waals surface area contributed by atoms with E-state index in [2.05, 4.69) is 20.2 Å². The predicted octanol–water partition coefficient (Wildman–Crippen LogP) is 0.924. The van der Waals surface area contributed by atoms with E-state index in [0.29, 0.717) is 11.1 Å². The number of sulfonamides is 1. The van der Waals surface area contributed by atoms with Crippen molar-refractivity contribution in [3.8, 4) is 0 Å². The molecule has 0 bridgehead atoms. The van der Waals surface area contributed by atoms with E-state index in [0.717, 1.165) is 33.6 Å². The number of anilines is 1. The minimum Gasteiger partial charge on any atom is -0.477 e. The zero-order valence-electron chi connectivity index (χ0n) is 23.1. The number of carbonyl (C=O) groups excluding carboxylic acids is 3. The highest BCUT2D eigenvalue weighted by Crippen LogP contribution is 2.41. The number of carbonyl (C=O) groups is 4. The molecule has 0 unspecified atom stereocenters. The molecule has 0 spiro atoms. The summed E-state index contributed by atoms with van der Waals surface area (Å²) in [5, 5.41) is 17.3. The topological polar surface area (TPSA) is 210 Å². The van der Waals surface area contributed by atoms with Gasteiger partial charge in [0.15, 0.2) is 16.0 Å². The van der Waals surface area contributed by atoms with Crippen molar-refractivity contribution < 1.29 is 37.5 Å². The number of β-lactam (4-membered cyclic amide) rings is 1. The number of aromatic nitrogens is 1. The maximum absolute atomic E-state index is 13.2. The van der Waals surface area contributed by atoms with E-state index >= 15 is 0 Å². The van der Waals surface area contributed by atoms with Crippen LogP contribution in [0.15, 0.2) is 44.9 Å². The van der Waals surface area contributed by atoms with Gasteiger partial charge in [-0.2, -0.15) is 0 Å². The number of carboxylic acid groups (broad SMARTS) is 1. The fraction of sp³-hybridized carbons (Fsp3) is 0.360. The quantitative estimate of drug-likeness (QED) is 0.108. The lowest BCUT2D eigenvalue weighted by atomic mass is 9.97. The second-order valence-corrected chi connectivity index (χ2v) is 14.3. The number of aryl methyl sites for hydroxylation is 1. The van der Waals surface area contributed by atoms with Crippen molar-refractivity contribution in [3.05, 3.63) is 51.7 Å². The van der Waals surface area contributed by atoms with Gasteiger partial charge in [-0.25, -0.2) is 22.9 Å². The molecule has 14 nitrogen and oxygen atoms in total. The molecule has 2 amide bonds.